The first kappa shape index (κ1) is 10.3. The average molecular weight is 216 g/mol. The highest BCUT2D eigenvalue weighted by Gasteiger charge is 2.37. The quantitative estimate of drug-likeness (QED) is 0.601. The van der Waals surface area contributed by atoms with E-state index in [4.69, 9.17) is 5.84 Å². The second kappa shape index (κ2) is 4.19. The molecule has 3 N–H and O–H groups in total. The molecule has 2 atom stereocenters. The molecule has 1 fully saturated rings. The summed E-state index contributed by atoms with van der Waals surface area (Å²) in [4.78, 5) is 0. The normalized spacial score (nSPS) is 26.2. The van der Waals surface area contributed by atoms with Gasteiger partial charge in [0.25, 0.3) is 0 Å². The minimum Gasteiger partial charge on any atom is -0.271 e. The predicted molar refractivity (Wildman–Crippen MR) is 66.0 cm³/mol. The van der Waals surface area contributed by atoms with Crippen LogP contribution < -0.4 is 11.3 Å². The topological polar surface area (TPSA) is 38.0 Å². The standard InChI is InChI=1S/C14H20N2/c15-16-14(10-5-1-2-6-10)13-9-11-7-3-4-8-12(11)13/h3-4,7-8,10,13-14,16H,1-2,5-6,9,15H2. The molecular weight excluding hydrogens is 196 g/mol. The lowest BCUT2D eigenvalue weighted by Gasteiger charge is -2.39. The van der Waals surface area contributed by atoms with Crippen molar-refractivity contribution in [3.05, 3.63) is 35.4 Å². The van der Waals surface area contributed by atoms with Gasteiger partial charge in [0.1, 0.15) is 0 Å². The van der Waals surface area contributed by atoms with Gasteiger partial charge < -0.3 is 0 Å². The maximum atomic E-state index is 5.77. The summed E-state index contributed by atoms with van der Waals surface area (Å²) in [6.07, 6.45) is 6.69. The Morgan fingerprint density at radius 3 is 2.62 bits per heavy atom. The van der Waals surface area contributed by atoms with E-state index >= 15 is 0 Å². The lowest BCUT2D eigenvalue weighted by Crippen LogP contribution is -2.47. The number of hydrogen-bond donors (Lipinski definition) is 2. The Labute approximate surface area is 97.2 Å². The van der Waals surface area contributed by atoms with Crippen LogP contribution in [0.5, 0.6) is 0 Å². The van der Waals surface area contributed by atoms with Crippen LogP contribution in [0.15, 0.2) is 24.3 Å². The average Bonchev–Trinajstić information content (AvgIpc) is 2.79. The van der Waals surface area contributed by atoms with Gasteiger partial charge in [-0.3, -0.25) is 11.3 Å². The molecule has 2 nitrogen and oxygen atoms in total. The van der Waals surface area contributed by atoms with Crippen molar-refractivity contribution in [2.75, 3.05) is 0 Å². The first-order valence-electron chi connectivity index (χ1n) is 6.44. The number of rotatable bonds is 3. The molecule has 0 aliphatic heterocycles. The SMILES string of the molecule is NNC(C1CCCC1)C1Cc2ccccc21. The van der Waals surface area contributed by atoms with E-state index in [0.717, 1.165) is 5.92 Å². The molecule has 0 radical (unpaired) electrons. The van der Waals surface area contributed by atoms with Crippen LogP contribution in [-0.2, 0) is 6.42 Å². The molecule has 3 rings (SSSR count). The number of benzene rings is 1. The van der Waals surface area contributed by atoms with Crippen LogP contribution in [0, 0.1) is 5.92 Å². The Kier molecular flexibility index (Phi) is 2.70. The van der Waals surface area contributed by atoms with Gasteiger partial charge in [0, 0.05) is 12.0 Å². The molecule has 1 aromatic carbocycles. The van der Waals surface area contributed by atoms with E-state index in [1.54, 1.807) is 0 Å². The molecule has 1 aromatic rings. The van der Waals surface area contributed by atoms with Gasteiger partial charge in [0.2, 0.25) is 0 Å². The number of fused-ring (bicyclic) bond motifs is 1. The van der Waals surface area contributed by atoms with E-state index in [9.17, 15) is 0 Å². The van der Waals surface area contributed by atoms with E-state index in [-0.39, 0.29) is 0 Å². The Bertz CT molecular complexity index is 369. The summed E-state index contributed by atoms with van der Waals surface area (Å²) >= 11 is 0. The summed E-state index contributed by atoms with van der Waals surface area (Å²) < 4.78 is 0. The fraction of sp³-hybridized carbons (Fsp3) is 0.571. The summed E-state index contributed by atoms with van der Waals surface area (Å²) in [6, 6.07) is 9.29. The zero-order chi connectivity index (χ0) is 11.0. The fourth-order valence-corrected chi connectivity index (χ4v) is 3.52. The molecule has 0 aromatic heterocycles. The molecule has 2 unspecified atom stereocenters. The lowest BCUT2D eigenvalue weighted by molar-refractivity contribution is 0.294. The van der Waals surface area contributed by atoms with Crippen molar-refractivity contribution < 1.29 is 0 Å². The molecule has 16 heavy (non-hydrogen) atoms. The van der Waals surface area contributed by atoms with Gasteiger partial charge in [0.05, 0.1) is 0 Å². The third-order valence-electron chi connectivity index (χ3n) is 4.43. The first-order chi connectivity index (χ1) is 7.90. The zero-order valence-corrected chi connectivity index (χ0v) is 9.65. The Balaban J connectivity index is 1.78. The van der Waals surface area contributed by atoms with E-state index in [2.05, 4.69) is 29.7 Å². The van der Waals surface area contributed by atoms with E-state index in [0.29, 0.717) is 12.0 Å². The number of hydrogen-bond acceptors (Lipinski definition) is 2. The molecular formula is C14H20N2. The van der Waals surface area contributed by atoms with Gasteiger partial charge in [-0.2, -0.15) is 0 Å². The molecule has 0 saturated heterocycles. The maximum absolute atomic E-state index is 5.77. The minimum absolute atomic E-state index is 0.498. The lowest BCUT2D eigenvalue weighted by atomic mass is 9.70. The van der Waals surface area contributed by atoms with Crippen LogP contribution in [0.3, 0.4) is 0 Å². The van der Waals surface area contributed by atoms with Crippen molar-refractivity contribution >= 4 is 0 Å². The van der Waals surface area contributed by atoms with E-state index < -0.39 is 0 Å². The van der Waals surface area contributed by atoms with Crippen LogP contribution in [0.4, 0.5) is 0 Å². The van der Waals surface area contributed by atoms with E-state index in [1.165, 1.54) is 43.2 Å². The van der Waals surface area contributed by atoms with Crippen LogP contribution in [0.1, 0.15) is 42.7 Å². The Morgan fingerprint density at radius 2 is 1.94 bits per heavy atom. The molecule has 1 saturated carbocycles. The van der Waals surface area contributed by atoms with Crippen LogP contribution >= 0.6 is 0 Å². The monoisotopic (exact) mass is 216 g/mol. The Hall–Kier alpha value is -0.860. The molecule has 2 aliphatic carbocycles. The molecule has 0 spiro atoms. The van der Waals surface area contributed by atoms with Crippen molar-refractivity contribution in [2.24, 2.45) is 11.8 Å². The zero-order valence-electron chi connectivity index (χ0n) is 9.65. The molecule has 2 heteroatoms. The molecule has 2 aliphatic rings. The van der Waals surface area contributed by atoms with Crippen molar-refractivity contribution in [2.45, 2.75) is 44.1 Å². The Morgan fingerprint density at radius 1 is 1.19 bits per heavy atom. The fourth-order valence-electron chi connectivity index (χ4n) is 3.52. The summed E-state index contributed by atoms with van der Waals surface area (Å²) in [5.74, 6) is 7.22. The van der Waals surface area contributed by atoms with Gasteiger partial charge in [-0.05, 0) is 36.3 Å². The van der Waals surface area contributed by atoms with Crippen molar-refractivity contribution in [3.63, 3.8) is 0 Å². The van der Waals surface area contributed by atoms with Crippen molar-refractivity contribution in [1.82, 2.24) is 5.43 Å². The van der Waals surface area contributed by atoms with Crippen molar-refractivity contribution in [1.29, 1.82) is 0 Å². The summed E-state index contributed by atoms with van der Waals surface area (Å²) in [5.41, 5.74) is 6.13. The van der Waals surface area contributed by atoms with Gasteiger partial charge >= 0.3 is 0 Å². The third kappa shape index (κ3) is 1.57. The molecule has 0 amide bonds. The van der Waals surface area contributed by atoms with Crippen LogP contribution in [0.25, 0.3) is 0 Å². The number of nitrogens with two attached hydrogens (primary N) is 1. The van der Waals surface area contributed by atoms with Gasteiger partial charge in [-0.25, -0.2) is 0 Å². The maximum Gasteiger partial charge on any atom is 0.0310 e. The van der Waals surface area contributed by atoms with Gasteiger partial charge in [-0.15, -0.1) is 0 Å². The summed E-state index contributed by atoms with van der Waals surface area (Å²) in [6.45, 7) is 0. The van der Waals surface area contributed by atoms with Crippen LogP contribution in [-0.4, -0.2) is 6.04 Å². The molecule has 86 valence electrons. The summed E-state index contributed by atoms with van der Waals surface area (Å²) in [5, 5.41) is 0. The van der Waals surface area contributed by atoms with Gasteiger partial charge in [-0.1, -0.05) is 37.1 Å². The first-order valence-corrected chi connectivity index (χ1v) is 6.44. The van der Waals surface area contributed by atoms with Crippen LogP contribution in [0.2, 0.25) is 0 Å². The number of hydrazine groups is 1. The largest absolute Gasteiger partial charge is 0.271 e. The minimum atomic E-state index is 0.498. The third-order valence-corrected chi connectivity index (χ3v) is 4.43. The highest BCUT2D eigenvalue weighted by atomic mass is 15.2. The van der Waals surface area contributed by atoms with Crippen molar-refractivity contribution in [3.8, 4) is 0 Å². The molecule has 0 heterocycles. The second-order valence-electron chi connectivity index (χ2n) is 5.25. The second-order valence-corrected chi connectivity index (χ2v) is 5.25. The van der Waals surface area contributed by atoms with E-state index in [1.807, 2.05) is 0 Å². The smallest absolute Gasteiger partial charge is 0.0310 e. The highest BCUT2D eigenvalue weighted by Crippen LogP contribution is 2.42. The number of nitrogens with one attached hydrogen (secondary N) is 1. The summed E-state index contributed by atoms with van der Waals surface area (Å²) in [7, 11) is 0. The highest BCUT2D eigenvalue weighted by molar-refractivity contribution is 5.41. The van der Waals surface area contributed by atoms with Gasteiger partial charge in [0.15, 0.2) is 0 Å². The predicted octanol–water partition coefficient (Wildman–Crippen LogP) is 2.35. The molecule has 0 bridgehead atoms.